The first-order valence-electron chi connectivity index (χ1n) is 6.88. The second-order valence-electron chi connectivity index (χ2n) is 5.03. The second kappa shape index (κ2) is 7.11. The molecule has 0 saturated carbocycles. The number of carbonyl (C=O) groups excluding carboxylic acids is 1. The number of nitro groups is 1. The zero-order chi connectivity index (χ0) is 17.0. The Morgan fingerprint density at radius 1 is 1.30 bits per heavy atom. The molecule has 2 aromatic carbocycles. The van der Waals surface area contributed by atoms with Crippen molar-refractivity contribution >= 4 is 28.9 Å². The van der Waals surface area contributed by atoms with Gasteiger partial charge in [0.1, 0.15) is 0 Å². The molecule has 0 spiro atoms. The summed E-state index contributed by atoms with van der Waals surface area (Å²) in [5, 5.41) is 14.4. The fraction of sp³-hybridized carbons (Fsp3) is 0.188. The first-order valence-corrected chi connectivity index (χ1v) is 7.26. The monoisotopic (exact) mass is 333 g/mol. The van der Waals surface area contributed by atoms with E-state index in [2.05, 4.69) is 5.32 Å². The van der Waals surface area contributed by atoms with Gasteiger partial charge in [0.2, 0.25) is 0 Å². The Kier molecular flexibility index (Phi) is 5.18. The molecular weight excluding hydrogens is 318 g/mol. The number of nitro benzene ring substituents is 1. The van der Waals surface area contributed by atoms with Crippen molar-refractivity contribution in [1.29, 1.82) is 0 Å². The Morgan fingerprint density at radius 3 is 2.65 bits per heavy atom. The van der Waals surface area contributed by atoms with Crippen LogP contribution in [0.1, 0.15) is 15.9 Å². The standard InChI is InChI=1S/C16H16ClN3O3/c1-18-15-7-6-13(20(22)23)9-14(15)16(21)19(2)10-11-4-3-5-12(17)8-11/h3-9,18H,10H2,1-2H3. The molecule has 0 heterocycles. The molecule has 1 N–H and O–H groups in total. The lowest BCUT2D eigenvalue weighted by atomic mass is 10.1. The minimum atomic E-state index is -0.521. The van der Waals surface area contributed by atoms with E-state index in [9.17, 15) is 14.9 Å². The highest BCUT2D eigenvalue weighted by Gasteiger charge is 2.19. The topological polar surface area (TPSA) is 75.5 Å². The van der Waals surface area contributed by atoms with E-state index in [0.29, 0.717) is 17.3 Å². The third-order valence-electron chi connectivity index (χ3n) is 3.37. The number of anilines is 1. The maximum absolute atomic E-state index is 12.6. The number of amides is 1. The molecule has 23 heavy (non-hydrogen) atoms. The number of halogens is 1. The zero-order valence-electron chi connectivity index (χ0n) is 12.7. The van der Waals surface area contributed by atoms with Crippen LogP contribution in [-0.2, 0) is 6.54 Å². The molecule has 0 radical (unpaired) electrons. The minimum Gasteiger partial charge on any atom is -0.387 e. The van der Waals surface area contributed by atoms with Crippen molar-refractivity contribution in [3.63, 3.8) is 0 Å². The summed E-state index contributed by atoms with van der Waals surface area (Å²) in [6.07, 6.45) is 0. The molecule has 0 aliphatic carbocycles. The zero-order valence-corrected chi connectivity index (χ0v) is 13.5. The van der Waals surface area contributed by atoms with Crippen LogP contribution in [0, 0.1) is 10.1 Å². The highest BCUT2D eigenvalue weighted by atomic mass is 35.5. The molecule has 2 aromatic rings. The molecule has 0 aliphatic heterocycles. The highest BCUT2D eigenvalue weighted by molar-refractivity contribution is 6.30. The molecule has 0 aromatic heterocycles. The molecule has 2 rings (SSSR count). The van der Waals surface area contributed by atoms with Crippen LogP contribution in [0.5, 0.6) is 0 Å². The van der Waals surface area contributed by atoms with Gasteiger partial charge in [-0.15, -0.1) is 0 Å². The van der Waals surface area contributed by atoms with Gasteiger partial charge in [-0.3, -0.25) is 14.9 Å². The van der Waals surface area contributed by atoms with Crippen molar-refractivity contribution in [1.82, 2.24) is 4.90 Å². The lowest BCUT2D eigenvalue weighted by Gasteiger charge is -2.19. The summed E-state index contributed by atoms with van der Waals surface area (Å²) in [7, 11) is 3.30. The van der Waals surface area contributed by atoms with Crippen LogP contribution in [0.15, 0.2) is 42.5 Å². The maximum atomic E-state index is 12.6. The maximum Gasteiger partial charge on any atom is 0.270 e. The SMILES string of the molecule is CNc1ccc([N+](=O)[O-])cc1C(=O)N(C)Cc1cccc(Cl)c1. The summed E-state index contributed by atoms with van der Waals surface area (Å²) in [6.45, 7) is 0.352. The fourth-order valence-corrected chi connectivity index (χ4v) is 2.44. The fourth-order valence-electron chi connectivity index (χ4n) is 2.23. The molecule has 0 atom stereocenters. The molecule has 0 aliphatic rings. The predicted octanol–water partition coefficient (Wildman–Crippen LogP) is 3.56. The van der Waals surface area contributed by atoms with Crippen molar-refractivity contribution in [2.24, 2.45) is 0 Å². The van der Waals surface area contributed by atoms with E-state index in [1.54, 1.807) is 26.2 Å². The Bertz CT molecular complexity index is 749. The van der Waals surface area contributed by atoms with E-state index in [4.69, 9.17) is 11.6 Å². The smallest absolute Gasteiger partial charge is 0.270 e. The van der Waals surface area contributed by atoms with Crippen molar-refractivity contribution in [3.8, 4) is 0 Å². The third-order valence-corrected chi connectivity index (χ3v) is 3.60. The van der Waals surface area contributed by atoms with Gasteiger partial charge in [0.15, 0.2) is 0 Å². The van der Waals surface area contributed by atoms with E-state index in [1.807, 2.05) is 12.1 Å². The van der Waals surface area contributed by atoms with Gasteiger partial charge >= 0.3 is 0 Å². The van der Waals surface area contributed by atoms with Gasteiger partial charge in [-0.2, -0.15) is 0 Å². The van der Waals surface area contributed by atoms with Crippen LogP contribution < -0.4 is 5.32 Å². The van der Waals surface area contributed by atoms with E-state index in [-0.39, 0.29) is 17.2 Å². The average molecular weight is 334 g/mol. The van der Waals surface area contributed by atoms with Crippen molar-refractivity contribution in [2.45, 2.75) is 6.54 Å². The molecule has 1 amide bonds. The molecule has 6 nitrogen and oxygen atoms in total. The van der Waals surface area contributed by atoms with Crippen molar-refractivity contribution < 1.29 is 9.72 Å². The van der Waals surface area contributed by atoms with Crippen molar-refractivity contribution in [3.05, 3.63) is 68.7 Å². The molecule has 0 saturated heterocycles. The number of hydrogen-bond acceptors (Lipinski definition) is 4. The summed E-state index contributed by atoms with van der Waals surface area (Å²) in [4.78, 5) is 24.5. The van der Waals surface area contributed by atoms with E-state index in [1.165, 1.54) is 23.1 Å². The Hall–Kier alpha value is -2.60. The largest absolute Gasteiger partial charge is 0.387 e. The van der Waals surface area contributed by atoms with Gasteiger partial charge in [0.25, 0.3) is 11.6 Å². The van der Waals surface area contributed by atoms with Gasteiger partial charge in [0, 0.05) is 43.5 Å². The van der Waals surface area contributed by atoms with E-state index < -0.39 is 4.92 Å². The van der Waals surface area contributed by atoms with Crippen LogP contribution in [0.2, 0.25) is 5.02 Å². The number of non-ortho nitro benzene ring substituents is 1. The van der Waals surface area contributed by atoms with Crippen LogP contribution >= 0.6 is 11.6 Å². The summed E-state index contributed by atoms with van der Waals surface area (Å²) in [5.74, 6) is -0.307. The number of rotatable bonds is 5. The summed E-state index contributed by atoms with van der Waals surface area (Å²) in [5.41, 5.74) is 1.55. The number of carbonyl (C=O) groups is 1. The lowest BCUT2D eigenvalue weighted by Crippen LogP contribution is -2.27. The van der Waals surface area contributed by atoms with Crippen LogP contribution in [-0.4, -0.2) is 29.8 Å². The summed E-state index contributed by atoms with van der Waals surface area (Å²) < 4.78 is 0. The van der Waals surface area contributed by atoms with Gasteiger partial charge in [-0.25, -0.2) is 0 Å². The third kappa shape index (κ3) is 3.98. The molecule has 0 fully saturated rings. The highest BCUT2D eigenvalue weighted by Crippen LogP contribution is 2.23. The first kappa shape index (κ1) is 16.8. The predicted molar refractivity (Wildman–Crippen MR) is 89.9 cm³/mol. The van der Waals surface area contributed by atoms with Crippen LogP contribution in [0.3, 0.4) is 0 Å². The van der Waals surface area contributed by atoms with Gasteiger partial charge in [0.05, 0.1) is 10.5 Å². The molecule has 120 valence electrons. The number of nitrogens with one attached hydrogen (secondary N) is 1. The van der Waals surface area contributed by atoms with E-state index >= 15 is 0 Å². The number of nitrogens with zero attached hydrogens (tertiary/aromatic N) is 2. The molecule has 0 unspecified atom stereocenters. The van der Waals surface area contributed by atoms with Crippen molar-refractivity contribution in [2.75, 3.05) is 19.4 Å². The quantitative estimate of drug-likeness (QED) is 0.670. The summed E-state index contributed by atoms with van der Waals surface area (Å²) in [6, 6.07) is 11.4. The Balaban J connectivity index is 2.28. The van der Waals surface area contributed by atoms with Crippen LogP contribution in [0.25, 0.3) is 0 Å². The van der Waals surface area contributed by atoms with Gasteiger partial charge in [-0.1, -0.05) is 23.7 Å². The van der Waals surface area contributed by atoms with Gasteiger partial charge in [-0.05, 0) is 23.8 Å². The average Bonchev–Trinajstić information content (AvgIpc) is 2.53. The molecule has 0 bridgehead atoms. The normalized spacial score (nSPS) is 10.2. The van der Waals surface area contributed by atoms with Crippen LogP contribution in [0.4, 0.5) is 11.4 Å². The number of benzene rings is 2. The summed E-state index contributed by atoms with van der Waals surface area (Å²) >= 11 is 5.94. The Labute approximate surface area is 138 Å². The Morgan fingerprint density at radius 2 is 2.04 bits per heavy atom. The second-order valence-corrected chi connectivity index (χ2v) is 5.46. The molecule has 7 heteroatoms. The number of hydrogen-bond donors (Lipinski definition) is 1. The van der Waals surface area contributed by atoms with Gasteiger partial charge < -0.3 is 10.2 Å². The van der Waals surface area contributed by atoms with E-state index in [0.717, 1.165) is 5.56 Å². The minimum absolute atomic E-state index is 0.122. The lowest BCUT2D eigenvalue weighted by molar-refractivity contribution is -0.384. The first-order chi connectivity index (χ1) is 10.9. The molecular formula is C16H16ClN3O3.